The zero-order valence-electron chi connectivity index (χ0n) is 10.0. The molecule has 0 radical (unpaired) electrons. The molecule has 5 nitrogen and oxygen atoms in total. The van der Waals surface area contributed by atoms with Gasteiger partial charge in [0.1, 0.15) is 12.4 Å². The molecular formula is C13H17NO4. The van der Waals surface area contributed by atoms with Gasteiger partial charge in [0.05, 0.1) is 11.7 Å². The Morgan fingerprint density at radius 1 is 1.44 bits per heavy atom. The highest BCUT2D eigenvalue weighted by Gasteiger charge is 2.25. The lowest BCUT2D eigenvalue weighted by atomic mass is 9.90. The summed E-state index contributed by atoms with van der Waals surface area (Å²) in [6.07, 6.45) is 1.44. The number of carboxylic acid groups (broad SMARTS) is 1. The average Bonchev–Trinajstić information content (AvgIpc) is 2.32. The number of hydrogen-bond acceptors (Lipinski definition) is 4. The van der Waals surface area contributed by atoms with E-state index in [0.717, 1.165) is 12.8 Å². The molecule has 1 aromatic rings. The third kappa shape index (κ3) is 3.45. The topological polar surface area (TPSA) is 78.8 Å². The van der Waals surface area contributed by atoms with Gasteiger partial charge in [-0.3, -0.25) is 0 Å². The number of aliphatic hydroxyl groups is 1. The van der Waals surface area contributed by atoms with Crippen molar-refractivity contribution in [3.8, 4) is 5.75 Å². The molecule has 0 saturated heterocycles. The lowest BCUT2D eigenvalue weighted by molar-refractivity contribution is 0.0612. The van der Waals surface area contributed by atoms with Gasteiger partial charge in [0.25, 0.3) is 0 Å². The minimum atomic E-state index is -0.956. The molecule has 1 saturated carbocycles. The van der Waals surface area contributed by atoms with Gasteiger partial charge in [0.2, 0.25) is 0 Å². The van der Waals surface area contributed by atoms with E-state index in [1.807, 2.05) is 0 Å². The van der Waals surface area contributed by atoms with Crippen molar-refractivity contribution < 1.29 is 19.7 Å². The van der Waals surface area contributed by atoms with Gasteiger partial charge < -0.3 is 20.3 Å². The summed E-state index contributed by atoms with van der Waals surface area (Å²) in [6.45, 7) is 1.17. The van der Waals surface area contributed by atoms with Crippen LogP contribution in [0.5, 0.6) is 5.75 Å². The summed E-state index contributed by atoms with van der Waals surface area (Å²) in [5.41, 5.74) is 0.225. The number of carbonyl (C=O) groups is 1. The summed E-state index contributed by atoms with van der Waals surface area (Å²) >= 11 is 0. The van der Waals surface area contributed by atoms with Gasteiger partial charge in [-0.15, -0.1) is 0 Å². The molecule has 18 heavy (non-hydrogen) atoms. The second-order valence-corrected chi connectivity index (χ2v) is 4.46. The van der Waals surface area contributed by atoms with Crippen LogP contribution in [0, 0.1) is 0 Å². The third-order valence-electron chi connectivity index (χ3n) is 3.00. The van der Waals surface area contributed by atoms with Gasteiger partial charge in [-0.25, -0.2) is 4.79 Å². The second kappa shape index (κ2) is 5.84. The van der Waals surface area contributed by atoms with Crippen molar-refractivity contribution in [1.82, 2.24) is 5.32 Å². The van der Waals surface area contributed by atoms with Crippen molar-refractivity contribution in [2.24, 2.45) is 0 Å². The van der Waals surface area contributed by atoms with Gasteiger partial charge in [0.15, 0.2) is 0 Å². The molecule has 0 bridgehead atoms. The molecule has 3 N–H and O–H groups in total. The van der Waals surface area contributed by atoms with Crippen molar-refractivity contribution in [3.63, 3.8) is 0 Å². The molecule has 0 aliphatic heterocycles. The molecule has 0 spiro atoms. The number of carboxylic acids is 1. The monoisotopic (exact) mass is 251 g/mol. The highest BCUT2D eigenvalue weighted by molar-refractivity contribution is 5.87. The summed E-state index contributed by atoms with van der Waals surface area (Å²) in [5.74, 6) is -0.396. The summed E-state index contributed by atoms with van der Waals surface area (Å²) in [5, 5.41) is 21.2. The van der Waals surface area contributed by atoms with Crippen LogP contribution in [-0.2, 0) is 0 Å². The number of ether oxygens (including phenoxy) is 1. The standard InChI is InChI=1S/C13H17NO4/c15-11-7-10(8-11)14-4-5-18-12-3-1-2-9(6-12)13(16)17/h1-3,6,10-11,14-15H,4-5,7-8H2,(H,16,17). The SMILES string of the molecule is O=C(O)c1cccc(OCCNC2CC(O)C2)c1. The molecule has 0 heterocycles. The minimum Gasteiger partial charge on any atom is -0.492 e. The number of aliphatic hydroxyl groups excluding tert-OH is 1. The zero-order valence-corrected chi connectivity index (χ0v) is 10.0. The van der Waals surface area contributed by atoms with Gasteiger partial charge in [-0.1, -0.05) is 6.07 Å². The van der Waals surface area contributed by atoms with Crippen molar-refractivity contribution in [2.45, 2.75) is 25.0 Å². The maximum absolute atomic E-state index is 10.8. The first-order valence-electron chi connectivity index (χ1n) is 6.03. The Balaban J connectivity index is 1.69. The Hall–Kier alpha value is -1.59. The minimum absolute atomic E-state index is 0.157. The molecule has 1 aliphatic rings. The van der Waals surface area contributed by atoms with E-state index < -0.39 is 5.97 Å². The maximum Gasteiger partial charge on any atom is 0.335 e. The lowest BCUT2D eigenvalue weighted by Gasteiger charge is -2.32. The normalized spacial score (nSPS) is 22.3. The summed E-state index contributed by atoms with van der Waals surface area (Å²) < 4.78 is 5.45. The van der Waals surface area contributed by atoms with Gasteiger partial charge in [-0.05, 0) is 31.0 Å². The molecule has 0 aromatic heterocycles. The predicted molar refractivity (Wildman–Crippen MR) is 65.9 cm³/mol. The Morgan fingerprint density at radius 2 is 2.22 bits per heavy atom. The van der Waals surface area contributed by atoms with E-state index in [-0.39, 0.29) is 11.7 Å². The highest BCUT2D eigenvalue weighted by Crippen LogP contribution is 2.19. The molecule has 0 amide bonds. The Bertz CT molecular complexity index is 415. The summed E-state index contributed by atoms with van der Waals surface area (Å²) in [4.78, 5) is 10.8. The van der Waals surface area contributed by atoms with Crippen LogP contribution in [-0.4, -0.2) is 41.5 Å². The van der Waals surface area contributed by atoms with Crippen LogP contribution in [0.1, 0.15) is 23.2 Å². The van der Waals surface area contributed by atoms with E-state index in [0.29, 0.717) is 24.9 Å². The van der Waals surface area contributed by atoms with Crippen LogP contribution in [0.3, 0.4) is 0 Å². The number of benzene rings is 1. The van der Waals surface area contributed by atoms with Crippen LogP contribution in [0.25, 0.3) is 0 Å². The largest absolute Gasteiger partial charge is 0.492 e. The first-order valence-corrected chi connectivity index (χ1v) is 6.03. The summed E-state index contributed by atoms with van der Waals surface area (Å²) in [7, 11) is 0. The van der Waals surface area contributed by atoms with Crippen LogP contribution < -0.4 is 10.1 Å². The number of nitrogens with one attached hydrogen (secondary N) is 1. The fraction of sp³-hybridized carbons (Fsp3) is 0.462. The molecule has 0 unspecified atom stereocenters. The second-order valence-electron chi connectivity index (χ2n) is 4.46. The van der Waals surface area contributed by atoms with Crippen LogP contribution >= 0.6 is 0 Å². The van der Waals surface area contributed by atoms with E-state index in [1.54, 1.807) is 12.1 Å². The summed E-state index contributed by atoms with van der Waals surface area (Å²) in [6, 6.07) is 6.82. The average molecular weight is 251 g/mol. The molecule has 0 atom stereocenters. The first kappa shape index (κ1) is 12.9. The Labute approximate surface area is 105 Å². The van der Waals surface area contributed by atoms with E-state index >= 15 is 0 Å². The molecular weight excluding hydrogens is 234 g/mol. The van der Waals surface area contributed by atoms with Gasteiger partial charge >= 0.3 is 5.97 Å². The fourth-order valence-electron chi connectivity index (χ4n) is 1.91. The van der Waals surface area contributed by atoms with E-state index in [2.05, 4.69) is 5.32 Å². The van der Waals surface area contributed by atoms with Gasteiger partial charge in [0, 0.05) is 12.6 Å². The lowest BCUT2D eigenvalue weighted by Crippen LogP contribution is -2.45. The van der Waals surface area contributed by atoms with Crippen LogP contribution in [0.4, 0.5) is 0 Å². The highest BCUT2D eigenvalue weighted by atomic mass is 16.5. The zero-order chi connectivity index (χ0) is 13.0. The molecule has 2 rings (SSSR count). The van der Waals surface area contributed by atoms with E-state index in [9.17, 15) is 4.79 Å². The number of hydrogen-bond donors (Lipinski definition) is 3. The first-order chi connectivity index (χ1) is 8.65. The smallest absolute Gasteiger partial charge is 0.335 e. The van der Waals surface area contributed by atoms with Crippen molar-refractivity contribution in [1.29, 1.82) is 0 Å². The predicted octanol–water partition coefficient (Wildman–Crippen LogP) is 0.876. The van der Waals surface area contributed by atoms with E-state index in [1.165, 1.54) is 12.1 Å². The van der Waals surface area contributed by atoms with Crippen molar-refractivity contribution in [3.05, 3.63) is 29.8 Å². The molecule has 5 heteroatoms. The molecule has 1 fully saturated rings. The molecule has 98 valence electrons. The quantitative estimate of drug-likeness (QED) is 0.654. The van der Waals surface area contributed by atoms with Gasteiger partial charge in [-0.2, -0.15) is 0 Å². The van der Waals surface area contributed by atoms with Crippen LogP contribution in [0.2, 0.25) is 0 Å². The Morgan fingerprint density at radius 3 is 2.89 bits per heavy atom. The van der Waals surface area contributed by atoms with Crippen molar-refractivity contribution in [2.75, 3.05) is 13.2 Å². The molecule has 1 aromatic carbocycles. The fourth-order valence-corrected chi connectivity index (χ4v) is 1.91. The maximum atomic E-state index is 10.8. The molecule has 1 aliphatic carbocycles. The Kier molecular flexibility index (Phi) is 4.17. The van der Waals surface area contributed by atoms with Crippen molar-refractivity contribution >= 4 is 5.97 Å². The number of rotatable bonds is 6. The van der Waals surface area contributed by atoms with E-state index in [4.69, 9.17) is 14.9 Å². The van der Waals surface area contributed by atoms with Crippen LogP contribution in [0.15, 0.2) is 24.3 Å². The number of aromatic carboxylic acids is 1. The third-order valence-corrected chi connectivity index (χ3v) is 3.00.